The Balaban J connectivity index is 1.51. The summed E-state index contributed by atoms with van der Waals surface area (Å²) in [4.78, 5) is 12.3. The molecule has 4 N–H and O–H groups in total. The molecule has 0 aliphatic heterocycles. The third-order valence-electron chi connectivity index (χ3n) is 4.44. The van der Waals surface area contributed by atoms with Crippen LogP contribution in [0.3, 0.4) is 0 Å². The standard InChI is InChI=1S/C22H23N3O/c23-16-18-12-11-17(20-9-4-5-10-21(18)20)15-22(26)25-14-6-13-24-19-7-2-1-3-8-19/h1-5,7-12,16,23-24H,6,13-15H2,(H,25,26)/p+1. The van der Waals surface area contributed by atoms with Crippen LogP contribution in [0.1, 0.15) is 17.5 Å². The molecule has 0 aliphatic carbocycles. The van der Waals surface area contributed by atoms with Gasteiger partial charge in [-0.05, 0) is 34.0 Å². The molecule has 0 aromatic heterocycles. The van der Waals surface area contributed by atoms with Crippen molar-refractivity contribution in [3.63, 3.8) is 0 Å². The van der Waals surface area contributed by atoms with Crippen LogP contribution >= 0.6 is 0 Å². The highest BCUT2D eigenvalue weighted by molar-refractivity contribution is 6.01. The largest absolute Gasteiger partial charge is 0.356 e. The summed E-state index contributed by atoms with van der Waals surface area (Å²) in [6.45, 7) is 1.62. The zero-order valence-electron chi connectivity index (χ0n) is 14.7. The number of hydrogen-bond acceptors (Lipinski definition) is 2. The van der Waals surface area contributed by atoms with E-state index in [0.29, 0.717) is 13.0 Å². The minimum atomic E-state index is 0.0393. The van der Waals surface area contributed by atoms with Crippen molar-refractivity contribution in [3.8, 4) is 0 Å². The predicted octanol–water partition coefficient (Wildman–Crippen LogP) is 2.78. The first kappa shape index (κ1) is 17.8. The minimum absolute atomic E-state index is 0.0393. The van der Waals surface area contributed by atoms with Gasteiger partial charge < -0.3 is 16.0 Å². The van der Waals surface area contributed by atoms with Crippen LogP contribution in [0.5, 0.6) is 0 Å². The van der Waals surface area contributed by atoms with Crippen molar-refractivity contribution in [3.05, 3.63) is 77.9 Å². The van der Waals surface area contributed by atoms with Gasteiger partial charge in [0.15, 0.2) is 0 Å². The van der Waals surface area contributed by atoms with Crippen LogP contribution in [0, 0.1) is 5.41 Å². The monoisotopic (exact) mass is 346 g/mol. The number of carbonyl (C=O) groups excluding carboxylic acids is 1. The maximum Gasteiger partial charge on any atom is 0.224 e. The normalized spacial score (nSPS) is 10.6. The zero-order chi connectivity index (χ0) is 18.2. The fourth-order valence-electron chi connectivity index (χ4n) is 3.09. The van der Waals surface area contributed by atoms with E-state index in [2.05, 4.69) is 22.8 Å². The quantitative estimate of drug-likeness (QED) is 0.328. The number of hydrogen-bond donors (Lipinski definition) is 3. The van der Waals surface area contributed by atoms with E-state index in [1.807, 2.05) is 54.6 Å². The molecule has 0 atom stereocenters. The van der Waals surface area contributed by atoms with Crippen LogP contribution in [-0.4, -0.2) is 25.2 Å². The molecule has 4 nitrogen and oxygen atoms in total. The minimum Gasteiger partial charge on any atom is -0.356 e. The van der Waals surface area contributed by atoms with E-state index in [1.165, 1.54) is 11.9 Å². The van der Waals surface area contributed by atoms with Crippen molar-refractivity contribution in [2.24, 2.45) is 0 Å². The summed E-state index contributed by atoms with van der Waals surface area (Å²) in [7, 11) is 0. The molecule has 0 bridgehead atoms. The van der Waals surface area contributed by atoms with Crippen molar-refractivity contribution >= 4 is 28.6 Å². The molecule has 26 heavy (non-hydrogen) atoms. The molecule has 0 heterocycles. The molecular weight excluding hydrogens is 322 g/mol. The lowest BCUT2D eigenvalue weighted by Gasteiger charge is -2.09. The molecule has 3 rings (SSSR count). The molecule has 3 aromatic carbocycles. The number of benzene rings is 3. The number of nitrogens with one attached hydrogen (secondary N) is 2. The second-order valence-electron chi connectivity index (χ2n) is 6.29. The van der Waals surface area contributed by atoms with Gasteiger partial charge in [0.2, 0.25) is 5.91 Å². The summed E-state index contributed by atoms with van der Waals surface area (Å²) in [5, 5.41) is 14.8. The summed E-state index contributed by atoms with van der Waals surface area (Å²) in [5.74, 6) is 0.0393. The molecule has 0 unspecified atom stereocenters. The van der Waals surface area contributed by atoms with Crippen LogP contribution in [-0.2, 0) is 11.2 Å². The van der Waals surface area contributed by atoms with E-state index in [0.717, 1.165) is 34.9 Å². The van der Waals surface area contributed by atoms with Crippen LogP contribution < -0.4 is 10.6 Å². The lowest BCUT2D eigenvalue weighted by atomic mass is 9.98. The summed E-state index contributed by atoms with van der Waals surface area (Å²) >= 11 is 0. The van der Waals surface area contributed by atoms with E-state index >= 15 is 0 Å². The number of rotatable bonds is 8. The van der Waals surface area contributed by atoms with E-state index in [4.69, 9.17) is 5.41 Å². The smallest absolute Gasteiger partial charge is 0.224 e. The van der Waals surface area contributed by atoms with Gasteiger partial charge in [0, 0.05) is 19.2 Å². The molecule has 0 aliphatic rings. The van der Waals surface area contributed by atoms with Crippen LogP contribution in [0.2, 0.25) is 0 Å². The van der Waals surface area contributed by atoms with E-state index in [9.17, 15) is 4.79 Å². The highest BCUT2D eigenvalue weighted by Gasteiger charge is 2.08. The molecule has 0 radical (unpaired) electrons. The van der Waals surface area contributed by atoms with Gasteiger partial charge in [0.25, 0.3) is 0 Å². The first-order valence-corrected chi connectivity index (χ1v) is 8.94. The first-order chi connectivity index (χ1) is 12.8. The number of amides is 1. The lowest BCUT2D eigenvalue weighted by molar-refractivity contribution is -0.571. The van der Waals surface area contributed by atoms with Crippen LogP contribution in [0.15, 0.2) is 66.7 Å². The van der Waals surface area contributed by atoms with Gasteiger partial charge in [0.1, 0.15) is 5.69 Å². The molecule has 0 saturated carbocycles. The van der Waals surface area contributed by atoms with Crippen LogP contribution in [0.4, 0.5) is 5.69 Å². The topological polar surface area (TPSA) is 69.6 Å². The Kier molecular flexibility index (Phi) is 6.12. The second kappa shape index (κ2) is 8.92. The predicted molar refractivity (Wildman–Crippen MR) is 106 cm³/mol. The highest BCUT2D eigenvalue weighted by atomic mass is 16.1. The molecule has 1 amide bonds. The lowest BCUT2D eigenvalue weighted by Crippen LogP contribution is -2.78. The average molecular weight is 346 g/mol. The summed E-state index contributed by atoms with van der Waals surface area (Å²) in [6.07, 6.45) is 2.64. The van der Waals surface area contributed by atoms with Crippen molar-refractivity contribution in [1.29, 1.82) is 5.41 Å². The highest BCUT2D eigenvalue weighted by Crippen LogP contribution is 2.22. The molecule has 0 saturated heterocycles. The van der Waals surface area contributed by atoms with E-state index in [-0.39, 0.29) is 5.91 Å². The molecule has 4 heteroatoms. The van der Waals surface area contributed by atoms with Crippen LogP contribution in [0.25, 0.3) is 10.8 Å². The SMILES string of the molecule is N=Cc1ccc(CC(=O)NCCC[NH2+]c2ccccc2)c2ccccc12. The summed E-state index contributed by atoms with van der Waals surface area (Å²) in [5.41, 5.74) is 3.09. The first-order valence-electron chi connectivity index (χ1n) is 8.94. The van der Waals surface area contributed by atoms with Crippen molar-refractivity contribution in [1.82, 2.24) is 5.32 Å². The van der Waals surface area contributed by atoms with E-state index < -0.39 is 0 Å². The van der Waals surface area contributed by atoms with Gasteiger partial charge in [-0.3, -0.25) is 4.79 Å². The fourth-order valence-corrected chi connectivity index (χ4v) is 3.09. The Morgan fingerprint density at radius 3 is 2.46 bits per heavy atom. The van der Waals surface area contributed by atoms with Gasteiger partial charge in [-0.15, -0.1) is 0 Å². The van der Waals surface area contributed by atoms with Gasteiger partial charge in [-0.1, -0.05) is 54.6 Å². The maximum absolute atomic E-state index is 12.3. The van der Waals surface area contributed by atoms with Crippen molar-refractivity contribution in [2.45, 2.75) is 12.8 Å². The third kappa shape index (κ3) is 4.55. The number of para-hydroxylation sites is 1. The van der Waals surface area contributed by atoms with Crippen molar-refractivity contribution < 1.29 is 10.1 Å². The molecule has 132 valence electrons. The Morgan fingerprint density at radius 2 is 1.69 bits per heavy atom. The Hall–Kier alpha value is -2.98. The van der Waals surface area contributed by atoms with Gasteiger partial charge in [-0.2, -0.15) is 0 Å². The number of fused-ring (bicyclic) bond motifs is 1. The summed E-state index contributed by atoms with van der Waals surface area (Å²) in [6, 6.07) is 22.0. The molecular formula is C22H24N3O+. The Labute approximate surface area is 153 Å². The molecule has 3 aromatic rings. The average Bonchev–Trinajstić information content (AvgIpc) is 2.69. The maximum atomic E-state index is 12.3. The number of carbonyl (C=O) groups is 1. The zero-order valence-corrected chi connectivity index (χ0v) is 14.7. The summed E-state index contributed by atoms with van der Waals surface area (Å²) < 4.78 is 0. The van der Waals surface area contributed by atoms with Gasteiger partial charge >= 0.3 is 0 Å². The van der Waals surface area contributed by atoms with Crippen molar-refractivity contribution in [2.75, 3.05) is 13.1 Å². The van der Waals surface area contributed by atoms with Gasteiger partial charge in [0.05, 0.1) is 13.0 Å². The van der Waals surface area contributed by atoms with Gasteiger partial charge in [-0.25, -0.2) is 0 Å². The number of nitrogens with two attached hydrogens (primary N) is 1. The van der Waals surface area contributed by atoms with E-state index in [1.54, 1.807) is 0 Å². The molecule has 0 fully saturated rings. The Morgan fingerprint density at radius 1 is 0.962 bits per heavy atom. The number of quaternary nitrogens is 1. The molecule has 0 spiro atoms. The fraction of sp³-hybridized carbons (Fsp3) is 0.182. The Bertz CT molecular complexity index is 890. The second-order valence-corrected chi connectivity index (χ2v) is 6.29. The third-order valence-corrected chi connectivity index (χ3v) is 4.44.